The fourth-order valence-electron chi connectivity index (χ4n) is 3.71. The van der Waals surface area contributed by atoms with Crippen LogP contribution in [0.25, 0.3) is 0 Å². The second-order valence-corrected chi connectivity index (χ2v) is 7.50. The summed E-state index contributed by atoms with van der Waals surface area (Å²) in [5.41, 5.74) is 1.08. The minimum absolute atomic E-state index is 0.123. The van der Waals surface area contributed by atoms with Gasteiger partial charge in [0, 0.05) is 18.7 Å². The highest BCUT2D eigenvalue weighted by Gasteiger charge is 2.24. The van der Waals surface area contributed by atoms with E-state index in [1.54, 1.807) is 0 Å². The van der Waals surface area contributed by atoms with Gasteiger partial charge in [0.15, 0.2) is 5.82 Å². The standard InChI is InChI=1S/C21H27FN4O2/c1-24-12-10-17(11-13-24)25(2)15-21(16-6-4-3-5-7-16)23-20-9-8-18(26(27)28)14-19(20)22/h3-9,14,17,21,23H,10-13,15H2,1-2H3/t21-/m1/s1. The number of likely N-dealkylation sites (N-methyl/N-ethyl adjacent to an activating group) is 1. The van der Waals surface area contributed by atoms with Crippen LogP contribution in [0.15, 0.2) is 48.5 Å². The van der Waals surface area contributed by atoms with Crippen molar-refractivity contribution in [2.24, 2.45) is 0 Å². The van der Waals surface area contributed by atoms with Crippen LogP contribution >= 0.6 is 0 Å². The van der Waals surface area contributed by atoms with Crippen molar-refractivity contribution in [2.75, 3.05) is 39.0 Å². The molecule has 0 saturated carbocycles. The Morgan fingerprint density at radius 3 is 2.54 bits per heavy atom. The Hall–Kier alpha value is -2.51. The molecular weight excluding hydrogens is 359 g/mol. The van der Waals surface area contributed by atoms with E-state index >= 15 is 0 Å². The van der Waals surface area contributed by atoms with Gasteiger partial charge in [0.2, 0.25) is 0 Å². The van der Waals surface area contributed by atoms with Crippen LogP contribution in [0.2, 0.25) is 0 Å². The van der Waals surface area contributed by atoms with E-state index in [0.29, 0.717) is 6.04 Å². The predicted octanol–water partition coefficient (Wildman–Crippen LogP) is 3.91. The van der Waals surface area contributed by atoms with Crippen LogP contribution in [0.1, 0.15) is 24.4 Å². The highest BCUT2D eigenvalue weighted by atomic mass is 19.1. The van der Waals surface area contributed by atoms with E-state index in [2.05, 4.69) is 29.2 Å². The number of hydrogen-bond donors (Lipinski definition) is 1. The van der Waals surface area contributed by atoms with Gasteiger partial charge < -0.3 is 15.1 Å². The highest BCUT2D eigenvalue weighted by molar-refractivity contribution is 5.51. The fourth-order valence-corrected chi connectivity index (χ4v) is 3.71. The third-order valence-electron chi connectivity index (χ3n) is 5.48. The minimum atomic E-state index is -0.614. The largest absolute Gasteiger partial charge is 0.375 e. The maximum Gasteiger partial charge on any atom is 0.272 e. The number of likely N-dealkylation sites (tertiary alicyclic amines) is 1. The topological polar surface area (TPSA) is 61.6 Å². The van der Waals surface area contributed by atoms with Crippen molar-refractivity contribution in [2.45, 2.75) is 24.9 Å². The highest BCUT2D eigenvalue weighted by Crippen LogP contribution is 2.27. The molecule has 7 heteroatoms. The molecule has 1 N–H and O–H groups in total. The average molecular weight is 386 g/mol. The van der Waals surface area contributed by atoms with Crippen LogP contribution in [0.3, 0.4) is 0 Å². The van der Waals surface area contributed by atoms with Gasteiger partial charge in [-0.3, -0.25) is 10.1 Å². The number of anilines is 1. The van der Waals surface area contributed by atoms with Crippen LogP contribution < -0.4 is 5.32 Å². The lowest BCUT2D eigenvalue weighted by Crippen LogP contribution is -2.44. The second kappa shape index (κ2) is 9.12. The number of rotatable bonds is 7. The molecule has 0 radical (unpaired) electrons. The Balaban J connectivity index is 1.77. The second-order valence-electron chi connectivity index (χ2n) is 7.50. The number of nitrogens with one attached hydrogen (secondary N) is 1. The van der Waals surface area contributed by atoms with Gasteiger partial charge in [-0.15, -0.1) is 0 Å². The van der Waals surface area contributed by atoms with E-state index in [4.69, 9.17) is 0 Å². The lowest BCUT2D eigenvalue weighted by molar-refractivity contribution is -0.385. The van der Waals surface area contributed by atoms with Gasteiger partial charge in [-0.1, -0.05) is 30.3 Å². The summed E-state index contributed by atoms with van der Waals surface area (Å²) in [4.78, 5) is 14.9. The Morgan fingerprint density at radius 2 is 1.93 bits per heavy atom. The Morgan fingerprint density at radius 1 is 1.25 bits per heavy atom. The van der Waals surface area contributed by atoms with E-state index < -0.39 is 10.7 Å². The molecule has 0 aromatic heterocycles. The molecule has 0 bridgehead atoms. The summed E-state index contributed by atoms with van der Waals surface area (Å²) in [6.45, 7) is 2.87. The maximum atomic E-state index is 14.4. The van der Waals surface area contributed by atoms with Gasteiger partial charge in [0.1, 0.15) is 0 Å². The first-order chi connectivity index (χ1) is 13.4. The summed E-state index contributed by atoms with van der Waals surface area (Å²) in [6, 6.07) is 14.0. The van der Waals surface area contributed by atoms with E-state index in [-0.39, 0.29) is 17.4 Å². The molecule has 3 rings (SSSR count). The Bertz CT molecular complexity index is 794. The average Bonchev–Trinajstić information content (AvgIpc) is 2.69. The summed E-state index contributed by atoms with van der Waals surface area (Å²) in [5.74, 6) is -0.614. The SMILES string of the molecule is CN1CCC(N(C)C[C@@H](Nc2ccc([N+](=O)[O-])cc2F)c2ccccc2)CC1. The van der Waals surface area contributed by atoms with Crippen molar-refractivity contribution in [1.82, 2.24) is 9.80 Å². The van der Waals surface area contributed by atoms with E-state index in [9.17, 15) is 14.5 Å². The number of non-ortho nitro benzene ring substituents is 1. The molecule has 1 saturated heterocycles. The first kappa shape index (κ1) is 20.2. The summed E-state index contributed by atoms with van der Waals surface area (Å²) >= 11 is 0. The van der Waals surface area contributed by atoms with Gasteiger partial charge in [-0.2, -0.15) is 0 Å². The number of nitrogens with zero attached hydrogens (tertiary/aromatic N) is 3. The third-order valence-corrected chi connectivity index (χ3v) is 5.48. The molecular formula is C21H27FN4O2. The first-order valence-electron chi connectivity index (χ1n) is 9.58. The van der Waals surface area contributed by atoms with Crippen molar-refractivity contribution in [1.29, 1.82) is 0 Å². The number of nitro groups is 1. The first-order valence-corrected chi connectivity index (χ1v) is 9.58. The molecule has 0 unspecified atom stereocenters. The lowest BCUT2D eigenvalue weighted by atomic mass is 10.0. The van der Waals surface area contributed by atoms with Crippen molar-refractivity contribution < 1.29 is 9.31 Å². The molecule has 1 heterocycles. The van der Waals surface area contributed by atoms with Gasteiger partial charge in [0.25, 0.3) is 5.69 Å². The van der Waals surface area contributed by atoms with E-state index in [0.717, 1.165) is 44.1 Å². The summed E-state index contributed by atoms with van der Waals surface area (Å²) in [6.07, 6.45) is 2.22. The number of halogens is 1. The molecule has 1 aliphatic rings. The molecule has 1 fully saturated rings. The molecule has 0 spiro atoms. The molecule has 0 aliphatic carbocycles. The lowest BCUT2D eigenvalue weighted by Gasteiger charge is -2.37. The van der Waals surface area contributed by atoms with Crippen LogP contribution in [0, 0.1) is 15.9 Å². The van der Waals surface area contributed by atoms with Gasteiger partial charge in [-0.05, 0) is 51.7 Å². The number of piperidine rings is 1. The van der Waals surface area contributed by atoms with Crippen molar-refractivity contribution >= 4 is 11.4 Å². The Kier molecular flexibility index (Phi) is 6.59. The summed E-state index contributed by atoms with van der Waals surface area (Å²) in [7, 11) is 4.25. The summed E-state index contributed by atoms with van der Waals surface area (Å²) < 4.78 is 14.4. The monoisotopic (exact) mass is 386 g/mol. The molecule has 2 aromatic carbocycles. The van der Waals surface area contributed by atoms with Gasteiger partial charge >= 0.3 is 0 Å². The molecule has 6 nitrogen and oxygen atoms in total. The van der Waals surface area contributed by atoms with E-state index in [1.807, 2.05) is 30.3 Å². The Labute approximate surface area is 165 Å². The normalized spacial score (nSPS) is 16.9. The fraction of sp³-hybridized carbons (Fsp3) is 0.429. The van der Waals surface area contributed by atoms with Gasteiger partial charge in [-0.25, -0.2) is 4.39 Å². The number of nitro benzene ring substituents is 1. The van der Waals surface area contributed by atoms with Crippen LogP contribution in [0.5, 0.6) is 0 Å². The number of benzene rings is 2. The van der Waals surface area contributed by atoms with Crippen LogP contribution in [-0.4, -0.2) is 54.5 Å². The quantitative estimate of drug-likeness (QED) is 0.577. The zero-order valence-electron chi connectivity index (χ0n) is 16.3. The zero-order chi connectivity index (χ0) is 20.1. The van der Waals surface area contributed by atoms with Gasteiger partial charge in [0.05, 0.1) is 22.7 Å². The van der Waals surface area contributed by atoms with Crippen molar-refractivity contribution in [3.63, 3.8) is 0 Å². The molecule has 1 aliphatic heterocycles. The zero-order valence-corrected chi connectivity index (χ0v) is 16.3. The van der Waals surface area contributed by atoms with Crippen LogP contribution in [-0.2, 0) is 0 Å². The molecule has 28 heavy (non-hydrogen) atoms. The van der Waals surface area contributed by atoms with Crippen molar-refractivity contribution in [3.8, 4) is 0 Å². The molecule has 0 amide bonds. The molecule has 1 atom stereocenters. The summed E-state index contributed by atoms with van der Waals surface area (Å²) in [5, 5.41) is 14.1. The molecule has 2 aromatic rings. The van der Waals surface area contributed by atoms with Crippen molar-refractivity contribution in [3.05, 3.63) is 70.0 Å². The maximum absolute atomic E-state index is 14.4. The smallest absolute Gasteiger partial charge is 0.272 e. The van der Waals surface area contributed by atoms with Crippen LogP contribution in [0.4, 0.5) is 15.8 Å². The third kappa shape index (κ3) is 5.05. The van der Waals surface area contributed by atoms with E-state index in [1.165, 1.54) is 12.1 Å². The number of hydrogen-bond acceptors (Lipinski definition) is 5. The minimum Gasteiger partial charge on any atom is -0.375 e. The molecule has 150 valence electrons. The predicted molar refractivity (Wildman–Crippen MR) is 109 cm³/mol.